The van der Waals surface area contributed by atoms with Crippen molar-refractivity contribution in [3.05, 3.63) is 132 Å². The lowest BCUT2D eigenvalue weighted by molar-refractivity contribution is 1.20. The number of aromatic nitrogens is 1. The molecule has 0 unspecified atom stereocenters. The lowest BCUT2D eigenvalue weighted by Gasteiger charge is -2.09. The molecule has 3 heterocycles. The molecule has 0 fully saturated rings. The fourth-order valence-corrected chi connectivity index (χ4v) is 9.04. The van der Waals surface area contributed by atoms with E-state index in [1.165, 1.54) is 63.2 Å². The van der Waals surface area contributed by atoms with Crippen LogP contribution in [0.4, 0.5) is 5.69 Å². The summed E-state index contributed by atoms with van der Waals surface area (Å²) in [5.74, 6) is 0. The maximum Gasteiger partial charge on any atom is 0.205 e. The zero-order chi connectivity index (χ0) is 28.8. The molecule has 9 rings (SSSR count). The van der Waals surface area contributed by atoms with Crippen LogP contribution in [0.3, 0.4) is 0 Å². The van der Waals surface area contributed by atoms with Crippen molar-refractivity contribution in [2.45, 2.75) is 13.8 Å². The Balaban J connectivity index is 1.32. The number of thiophene rings is 2. The van der Waals surface area contributed by atoms with Gasteiger partial charge >= 0.3 is 0 Å². The second-order valence-corrected chi connectivity index (χ2v) is 13.5. The normalized spacial score (nSPS) is 11.9. The lowest BCUT2D eigenvalue weighted by Crippen LogP contribution is -1.94. The molecule has 2 nitrogen and oxygen atoms in total. The van der Waals surface area contributed by atoms with Crippen molar-refractivity contribution >= 4 is 90.5 Å². The zero-order valence-corrected chi connectivity index (χ0v) is 25.2. The predicted molar refractivity (Wildman–Crippen MR) is 188 cm³/mol. The average molecular weight is 585 g/mol. The minimum Gasteiger partial charge on any atom is -0.308 e. The van der Waals surface area contributed by atoms with E-state index in [9.17, 15) is 0 Å². The standard InChI is InChI=1S/C39H24N2S2/c1-22-11-14-33-28(17-22)29-18-23(2)12-15-34(29)41(33)35-9-6-8-27-31-20-25(21-32(40-3)38(31)43-39(27)35)24-13-16-37-30(19-24)26-7-4-5-10-36(26)42-37/h4-21H,1-2H3. The van der Waals surface area contributed by atoms with Crippen LogP contribution in [0.1, 0.15) is 11.1 Å². The second kappa shape index (κ2) is 9.02. The van der Waals surface area contributed by atoms with Crippen molar-refractivity contribution in [1.82, 2.24) is 4.57 Å². The first-order valence-corrected chi connectivity index (χ1v) is 16.0. The van der Waals surface area contributed by atoms with E-state index in [0.29, 0.717) is 5.69 Å². The summed E-state index contributed by atoms with van der Waals surface area (Å²) in [6.07, 6.45) is 0. The Bertz CT molecular complexity index is 2600. The van der Waals surface area contributed by atoms with E-state index in [2.05, 4.69) is 132 Å². The van der Waals surface area contributed by atoms with Crippen LogP contribution in [0.15, 0.2) is 109 Å². The molecule has 0 aliphatic heterocycles. The van der Waals surface area contributed by atoms with Crippen molar-refractivity contribution in [1.29, 1.82) is 0 Å². The van der Waals surface area contributed by atoms with Crippen molar-refractivity contribution in [3.8, 4) is 16.8 Å². The van der Waals surface area contributed by atoms with Crippen LogP contribution < -0.4 is 0 Å². The lowest BCUT2D eigenvalue weighted by atomic mass is 10.00. The molecule has 6 aromatic carbocycles. The molecule has 43 heavy (non-hydrogen) atoms. The van der Waals surface area contributed by atoms with Crippen LogP contribution in [-0.4, -0.2) is 4.57 Å². The van der Waals surface area contributed by atoms with Gasteiger partial charge in [-0.2, -0.15) is 0 Å². The first kappa shape index (κ1) is 24.6. The summed E-state index contributed by atoms with van der Waals surface area (Å²) in [7, 11) is 0. The molecular formula is C39H24N2S2. The Morgan fingerprint density at radius 1 is 0.535 bits per heavy atom. The van der Waals surface area contributed by atoms with E-state index in [0.717, 1.165) is 26.9 Å². The maximum absolute atomic E-state index is 8.15. The van der Waals surface area contributed by atoms with Crippen molar-refractivity contribution in [3.63, 3.8) is 0 Å². The summed E-state index contributed by atoms with van der Waals surface area (Å²) in [4.78, 5) is 4.05. The monoisotopic (exact) mass is 584 g/mol. The van der Waals surface area contributed by atoms with Crippen molar-refractivity contribution in [2.24, 2.45) is 0 Å². The van der Waals surface area contributed by atoms with Crippen LogP contribution in [0, 0.1) is 20.4 Å². The molecule has 0 saturated heterocycles. The Morgan fingerprint density at radius 2 is 1.23 bits per heavy atom. The van der Waals surface area contributed by atoms with Gasteiger partial charge in [0.05, 0.1) is 28.0 Å². The Kier molecular flexibility index (Phi) is 5.17. The predicted octanol–water partition coefficient (Wildman–Crippen LogP) is 12.4. The first-order chi connectivity index (χ1) is 21.1. The van der Waals surface area contributed by atoms with E-state index in [4.69, 9.17) is 6.57 Å². The highest BCUT2D eigenvalue weighted by atomic mass is 32.1. The van der Waals surface area contributed by atoms with Gasteiger partial charge in [-0.25, -0.2) is 4.85 Å². The molecule has 0 bridgehead atoms. The van der Waals surface area contributed by atoms with Crippen LogP contribution in [0.5, 0.6) is 0 Å². The summed E-state index contributed by atoms with van der Waals surface area (Å²) in [6.45, 7) is 12.5. The van der Waals surface area contributed by atoms with E-state index in [1.807, 2.05) is 11.3 Å². The Hall–Kier alpha value is -4.95. The smallest absolute Gasteiger partial charge is 0.205 e. The van der Waals surface area contributed by atoms with E-state index < -0.39 is 0 Å². The molecule has 3 aromatic heterocycles. The summed E-state index contributed by atoms with van der Waals surface area (Å²) in [6, 6.07) is 39.8. The molecule has 0 N–H and O–H groups in total. The minimum absolute atomic E-state index is 0.711. The third-order valence-corrected chi connectivity index (χ3v) is 11.1. The fourth-order valence-electron chi connectivity index (χ4n) is 6.71. The molecule has 0 aliphatic rings. The van der Waals surface area contributed by atoms with Gasteiger partial charge in [-0.1, -0.05) is 59.7 Å². The molecule has 0 saturated carbocycles. The van der Waals surface area contributed by atoms with Gasteiger partial charge in [-0.15, -0.1) is 22.7 Å². The third-order valence-electron chi connectivity index (χ3n) is 8.71. The maximum atomic E-state index is 8.15. The van der Waals surface area contributed by atoms with E-state index >= 15 is 0 Å². The molecular weight excluding hydrogens is 561 g/mol. The third kappa shape index (κ3) is 3.56. The number of fused-ring (bicyclic) bond motifs is 9. The van der Waals surface area contributed by atoms with Gasteiger partial charge in [0.1, 0.15) is 0 Å². The molecule has 0 radical (unpaired) electrons. The zero-order valence-electron chi connectivity index (χ0n) is 23.6. The highest BCUT2D eigenvalue weighted by Crippen LogP contribution is 2.46. The molecule has 0 spiro atoms. The Labute approximate surface area is 256 Å². The first-order valence-electron chi connectivity index (χ1n) is 14.4. The van der Waals surface area contributed by atoms with Crippen LogP contribution in [0.25, 0.3) is 83.8 Å². The fraction of sp³-hybridized carbons (Fsp3) is 0.0513. The Morgan fingerprint density at radius 3 is 2.00 bits per heavy atom. The molecule has 0 atom stereocenters. The number of nitrogens with zero attached hydrogens (tertiary/aromatic N) is 2. The van der Waals surface area contributed by atoms with Crippen molar-refractivity contribution in [2.75, 3.05) is 0 Å². The number of aryl methyl sites for hydroxylation is 2. The number of benzene rings is 6. The van der Waals surface area contributed by atoms with Gasteiger partial charge in [0, 0.05) is 41.0 Å². The SMILES string of the molecule is [C-]#[N+]c1cc(-c2ccc3sc4ccccc4c3c2)cc2c1sc1c(-n3c4ccc(C)cc4c4cc(C)ccc43)cccc12. The quantitative estimate of drug-likeness (QED) is 0.179. The highest BCUT2D eigenvalue weighted by Gasteiger charge is 2.19. The number of hydrogen-bond acceptors (Lipinski definition) is 2. The van der Waals surface area contributed by atoms with Crippen LogP contribution in [-0.2, 0) is 0 Å². The summed E-state index contributed by atoms with van der Waals surface area (Å²) < 4.78 is 7.27. The second-order valence-electron chi connectivity index (χ2n) is 11.4. The molecule has 0 aliphatic carbocycles. The molecule has 9 aromatic rings. The molecule has 4 heteroatoms. The van der Waals surface area contributed by atoms with Crippen LogP contribution in [0.2, 0.25) is 0 Å². The van der Waals surface area contributed by atoms with Gasteiger partial charge in [0.25, 0.3) is 0 Å². The topological polar surface area (TPSA) is 9.29 Å². The summed E-state index contributed by atoms with van der Waals surface area (Å²) in [5, 5.41) is 7.46. The average Bonchev–Trinajstić information content (AvgIpc) is 3.69. The summed E-state index contributed by atoms with van der Waals surface area (Å²) in [5.41, 5.74) is 9.04. The highest BCUT2D eigenvalue weighted by molar-refractivity contribution is 7.27. The van der Waals surface area contributed by atoms with Gasteiger partial charge in [-0.05, 0) is 91.0 Å². The van der Waals surface area contributed by atoms with Gasteiger partial charge in [0.2, 0.25) is 5.69 Å². The van der Waals surface area contributed by atoms with Gasteiger partial charge in [-0.3, -0.25) is 0 Å². The van der Waals surface area contributed by atoms with E-state index in [1.54, 1.807) is 11.3 Å². The van der Waals surface area contributed by atoms with Crippen LogP contribution >= 0.6 is 22.7 Å². The van der Waals surface area contributed by atoms with E-state index in [-0.39, 0.29) is 0 Å². The molecule has 202 valence electrons. The largest absolute Gasteiger partial charge is 0.308 e. The summed E-state index contributed by atoms with van der Waals surface area (Å²) >= 11 is 3.57. The van der Waals surface area contributed by atoms with Gasteiger partial charge < -0.3 is 4.57 Å². The van der Waals surface area contributed by atoms with Gasteiger partial charge in [0.15, 0.2) is 0 Å². The molecule has 0 amide bonds. The number of rotatable bonds is 2. The number of hydrogen-bond donors (Lipinski definition) is 0. The van der Waals surface area contributed by atoms with Crippen molar-refractivity contribution < 1.29 is 0 Å². The minimum atomic E-state index is 0.711.